The number of aromatic amines is 1. The maximum Gasteiger partial charge on any atom is 0.431 e. The van der Waals surface area contributed by atoms with Crippen molar-refractivity contribution in [1.29, 1.82) is 0 Å². The Labute approximate surface area is 148 Å². The number of fused-ring (bicyclic) bond motifs is 1. The first-order valence-corrected chi connectivity index (χ1v) is 8.22. The molecule has 3 rings (SSSR count). The van der Waals surface area contributed by atoms with E-state index in [2.05, 4.69) is 26.9 Å². The van der Waals surface area contributed by atoms with Crippen LogP contribution in [-0.4, -0.2) is 16.3 Å². The minimum absolute atomic E-state index is 0.212. The van der Waals surface area contributed by atoms with Gasteiger partial charge in [0, 0.05) is 29.7 Å². The predicted octanol–water partition coefficient (Wildman–Crippen LogP) is 3.86. The third kappa shape index (κ3) is 3.89. The largest absolute Gasteiger partial charge is 0.431 e. The van der Waals surface area contributed by atoms with Gasteiger partial charge in [-0.1, -0.05) is 6.58 Å². The number of aromatic nitrogens is 2. The average Bonchev–Trinajstić information content (AvgIpc) is 3.33. The Kier molecular flexibility index (Phi) is 4.76. The van der Waals surface area contributed by atoms with Crippen LogP contribution in [0.3, 0.4) is 0 Å². The molecule has 1 aliphatic carbocycles. The van der Waals surface area contributed by atoms with E-state index >= 15 is 0 Å². The smallest absolute Gasteiger partial charge is 0.390 e. The van der Waals surface area contributed by atoms with E-state index in [0.29, 0.717) is 23.5 Å². The van der Waals surface area contributed by atoms with Crippen molar-refractivity contribution in [2.24, 2.45) is 16.6 Å². The highest BCUT2D eigenvalue weighted by atomic mass is 19.4. The number of allylic oxidation sites excluding steroid dienone is 2. The lowest BCUT2D eigenvalue weighted by molar-refractivity contribution is -0.140. The quantitative estimate of drug-likeness (QED) is 0.414. The molecule has 0 radical (unpaired) electrons. The highest BCUT2D eigenvalue weighted by Crippen LogP contribution is 2.39. The van der Waals surface area contributed by atoms with Crippen LogP contribution < -0.4 is 11.1 Å². The second-order valence-corrected chi connectivity index (χ2v) is 6.36. The Morgan fingerprint density at radius 1 is 1.46 bits per heavy atom. The Morgan fingerprint density at radius 2 is 2.19 bits per heavy atom. The lowest BCUT2D eigenvalue weighted by Gasteiger charge is -2.13. The monoisotopic (exact) mass is 363 g/mol. The third-order valence-electron chi connectivity index (χ3n) is 4.35. The lowest BCUT2D eigenvalue weighted by Crippen LogP contribution is -2.14. The zero-order valence-corrected chi connectivity index (χ0v) is 14.3. The number of rotatable bonds is 6. The fourth-order valence-corrected chi connectivity index (χ4v) is 2.75. The molecule has 0 atom stereocenters. The van der Waals surface area contributed by atoms with Crippen molar-refractivity contribution in [2.45, 2.75) is 32.5 Å². The number of aliphatic imine (C=N–C) groups is 1. The molecule has 1 saturated carbocycles. The summed E-state index contributed by atoms with van der Waals surface area (Å²) in [7, 11) is 0. The molecule has 0 bridgehead atoms. The molecule has 0 unspecified atom stereocenters. The van der Waals surface area contributed by atoms with Crippen molar-refractivity contribution in [2.75, 3.05) is 0 Å². The molecule has 2 aromatic rings. The van der Waals surface area contributed by atoms with Gasteiger partial charge >= 0.3 is 6.18 Å². The van der Waals surface area contributed by atoms with E-state index < -0.39 is 11.9 Å². The molecule has 8 heteroatoms. The molecule has 138 valence electrons. The summed E-state index contributed by atoms with van der Waals surface area (Å²) in [5, 5.41) is 3.60. The van der Waals surface area contributed by atoms with Gasteiger partial charge in [-0.3, -0.25) is 0 Å². The van der Waals surface area contributed by atoms with Gasteiger partial charge in [0.05, 0.1) is 12.0 Å². The molecule has 1 aliphatic rings. The number of nitrogens with one attached hydrogen (secondary N) is 2. The summed E-state index contributed by atoms with van der Waals surface area (Å²) in [6, 6.07) is 2.74. The first-order valence-electron chi connectivity index (χ1n) is 8.22. The highest BCUT2D eigenvalue weighted by molar-refractivity contribution is 5.77. The van der Waals surface area contributed by atoms with Crippen molar-refractivity contribution in [3.05, 3.63) is 53.1 Å². The van der Waals surface area contributed by atoms with Crippen LogP contribution in [0, 0.1) is 5.92 Å². The normalized spacial score (nSPS) is 16.2. The van der Waals surface area contributed by atoms with Gasteiger partial charge in [0.25, 0.3) is 0 Å². The lowest BCUT2D eigenvalue weighted by atomic mass is 10.1. The minimum atomic E-state index is -4.42. The van der Waals surface area contributed by atoms with Gasteiger partial charge in [0.2, 0.25) is 0 Å². The average molecular weight is 363 g/mol. The van der Waals surface area contributed by atoms with Crippen molar-refractivity contribution in [3.8, 4) is 0 Å². The van der Waals surface area contributed by atoms with E-state index in [-0.39, 0.29) is 5.65 Å². The molecule has 1 fully saturated rings. The summed E-state index contributed by atoms with van der Waals surface area (Å²) in [6.07, 6.45) is 0.586. The van der Waals surface area contributed by atoms with E-state index in [0.717, 1.165) is 35.7 Å². The standard InChI is InChI=1S/C18H20F3N5/c1-10(16(25-9-22)13-3-4-13)11(2)23-7-12-5-14-6-15(18(19,20)21)26-17(14)24-8-12/h5-6,8-9,13,23H,2-4,7H2,1H3,(H2,22,25)(H,24,26)/b16-10-. The van der Waals surface area contributed by atoms with Crippen LogP contribution >= 0.6 is 0 Å². The Morgan fingerprint density at radius 3 is 2.81 bits per heavy atom. The maximum absolute atomic E-state index is 12.8. The van der Waals surface area contributed by atoms with Crippen LogP contribution in [0.2, 0.25) is 0 Å². The second-order valence-electron chi connectivity index (χ2n) is 6.36. The first-order chi connectivity index (χ1) is 12.3. The molecule has 26 heavy (non-hydrogen) atoms. The summed E-state index contributed by atoms with van der Waals surface area (Å²) in [4.78, 5) is 10.6. The van der Waals surface area contributed by atoms with Crippen molar-refractivity contribution >= 4 is 17.4 Å². The molecule has 0 amide bonds. The molecule has 4 N–H and O–H groups in total. The van der Waals surface area contributed by atoms with Crippen molar-refractivity contribution in [1.82, 2.24) is 15.3 Å². The van der Waals surface area contributed by atoms with Crippen molar-refractivity contribution < 1.29 is 13.2 Å². The van der Waals surface area contributed by atoms with Crippen LogP contribution in [0.5, 0.6) is 0 Å². The van der Waals surface area contributed by atoms with Crippen molar-refractivity contribution in [3.63, 3.8) is 0 Å². The van der Waals surface area contributed by atoms with Crippen LogP contribution in [0.15, 0.2) is 46.9 Å². The highest BCUT2D eigenvalue weighted by Gasteiger charge is 2.32. The number of H-pyrrole nitrogens is 1. The molecule has 0 aromatic carbocycles. The molecule has 0 saturated heterocycles. The van der Waals surface area contributed by atoms with E-state index in [1.165, 1.54) is 12.5 Å². The molecular formula is C18H20F3N5. The number of halogens is 3. The minimum Gasteiger partial charge on any atom is -0.390 e. The fourth-order valence-electron chi connectivity index (χ4n) is 2.75. The number of hydrogen-bond acceptors (Lipinski definition) is 3. The zero-order valence-electron chi connectivity index (χ0n) is 14.3. The van der Waals surface area contributed by atoms with E-state index in [1.807, 2.05) is 6.92 Å². The molecule has 2 aromatic heterocycles. The SMILES string of the molecule is C=C(NCc1cnc2[nH]c(C(F)(F)F)cc2c1)/C(C)=C(\N=CN)C1CC1. The number of alkyl halides is 3. The molecule has 0 spiro atoms. The van der Waals surface area contributed by atoms with Crippen LogP contribution in [-0.2, 0) is 12.7 Å². The van der Waals surface area contributed by atoms with Gasteiger partial charge in [0.15, 0.2) is 0 Å². The Hall–Kier alpha value is -2.77. The third-order valence-corrected chi connectivity index (χ3v) is 4.35. The van der Waals surface area contributed by atoms with E-state index in [1.54, 1.807) is 6.07 Å². The molecule has 2 heterocycles. The van der Waals surface area contributed by atoms with Crippen LogP contribution in [0.4, 0.5) is 13.2 Å². The van der Waals surface area contributed by atoms with Gasteiger partial charge < -0.3 is 16.0 Å². The summed E-state index contributed by atoms with van der Waals surface area (Å²) in [6.45, 7) is 6.35. The van der Waals surface area contributed by atoms with E-state index in [4.69, 9.17) is 5.73 Å². The number of nitrogens with two attached hydrogens (primary N) is 1. The number of pyridine rings is 1. The van der Waals surface area contributed by atoms with Gasteiger partial charge in [0.1, 0.15) is 11.3 Å². The predicted molar refractivity (Wildman–Crippen MR) is 95.2 cm³/mol. The van der Waals surface area contributed by atoms with Gasteiger partial charge in [-0.15, -0.1) is 0 Å². The molecule has 5 nitrogen and oxygen atoms in total. The van der Waals surface area contributed by atoms with Crippen LogP contribution in [0.1, 0.15) is 31.0 Å². The second kappa shape index (κ2) is 6.86. The number of nitrogens with zero attached hydrogens (tertiary/aromatic N) is 2. The fraction of sp³-hybridized carbons (Fsp3) is 0.333. The van der Waals surface area contributed by atoms with Gasteiger partial charge in [-0.2, -0.15) is 13.2 Å². The Bertz CT molecular complexity index is 888. The summed E-state index contributed by atoms with van der Waals surface area (Å²) in [5.41, 5.74) is 8.16. The van der Waals surface area contributed by atoms with E-state index in [9.17, 15) is 13.2 Å². The zero-order chi connectivity index (χ0) is 18.9. The van der Waals surface area contributed by atoms with Gasteiger partial charge in [-0.25, -0.2) is 9.98 Å². The van der Waals surface area contributed by atoms with Crippen LogP contribution in [0.25, 0.3) is 11.0 Å². The Balaban J connectivity index is 1.73. The topological polar surface area (TPSA) is 79.1 Å². The number of hydrogen-bond donors (Lipinski definition) is 3. The maximum atomic E-state index is 12.8. The summed E-state index contributed by atoms with van der Waals surface area (Å²) >= 11 is 0. The summed E-state index contributed by atoms with van der Waals surface area (Å²) in [5.74, 6) is 0.423. The first kappa shape index (κ1) is 18.0. The summed E-state index contributed by atoms with van der Waals surface area (Å²) < 4.78 is 38.3. The van der Waals surface area contributed by atoms with Gasteiger partial charge in [-0.05, 0) is 43.0 Å². The molecule has 0 aliphatic heterocycles. The molecular weight excluding hydrogens is 343 g/mol.